The van der Waals surface area contributed by atoms with E-state index in [0.717, 1.165) is 11.6 Å². The van der Waals surface area contributed by atoms with Gasteiger partial charge in [0.2, 0.25) is 0 Å². The lowest BCUT2D eigenvalue weighted by Gasteiger charge is -2.08. The molecule has 0 atom stereocenters. The molecule has 0 saturated heterocycles. The molecule has 0 unspecified atom stereocenters. The summed E-state index contributed by atoms with van der Waals surface area (Å²) >= 11 is 6.16. The Labute approximate surface area is 151 Å². The van der Waals surface area contributed by atoms with Crippen LogP contribution in [-0.2, 0) is 6.54 Å². The zero-order valence-corrected chi connectivity index (χ0v) is 14.0. The van der Waals surface area contributed by atoms with Gasteiger partial charge < -0.3 is 9.84 Å². The van der Waals surface area contributed by atoms with Gasteiger partial charge in [0.25, 0.3) is 5.71 Å². The number of benzene rings is 2. The summed E-state index contributed by atoms with van der Waals surface area (Å²) in [6.07, 6.45) is 1.32. The van der Waals surface area contributed by atoms with Crippen molar-refractivity contribution in [1.82, 2.24) is 15.1 Å². The van der Waals surface area contributed by atoms with Crippen molar-refractivity contribution in [1.29, 1.82) is 0 Å². The largest absolute Gasteiger partial charge is 0.365 e. The molecule has 0 amide bonds. The van der Waals surface area contributed by atoms with Crippen LogP contribution in [0.15, 0.2) is 53.3 Å². The van der Waals surface area contributed by atoms with E-state index in [1.807, 2.05) is 18.2 Å². The molecule has 0 aliphatic rings. The maximum absolute atomic E-state index is 13.6. The number of nitrogens with zero attached hydrogens (tertiary/aromatic N) is 3. The van der Waals surface area contributed by atoms with E-state index >= 15 is 0 Å². The van der Waals surface area contributed by atoms with Gasteiger partial charge in [-0.2, -0.15) is 4.98 Å². The number of fused-ring (bicyclic) bond motifs is 1. The van der Waals surface area contributed by atoms with E-state index in [2.05, 4.69) is 20.4 Å². The summed E-state index contributed by atoms with van der Waals surface area (Å²) in [6, 6.07) is 10.5. The Hall–Kier alpha value is -3.06. The fourth-order valence-electron chi connectivity index (χ4n) is 2.63. The molecule has 0 fully saturated rings. The molecule has 2 heterocycles. The molecular formula is C18H11ClF2N4O. The lowest BCUT2D eigenvalue weighted by atomic mass is 10.1. The first-order valence-corrected chi connectivity index (χ1v) is 8.04. The van der Waals surface area contributed by atoms with Gasteiger partial charge in [-0.3, -0.25) is 0 Å². The summed E-state index contributed by atoms with van der Waals surface area (Å²) in [5.74, 6) is -0.993. The van der Waals surface area contributed by atoms with Crippen LogP contribution in [0.2, 0.25) is 5.02 Å². The molecular weight excluding hydrogens is 362 g/mol. The quantitative estimate of drug-likeness (QED) is 0.556. The van der Waals surface area contributed by atoms with E-state index in [4.69, 9.17) is 16.1 Å². The first kappa shape index (κ1) is 16.4. The zero-order chi connectivity index (χ0) is 18.1. The third-order valence-corrected chi connectivity index (χ3v) is 4.18. The first-order chi connectivity index (χ1) is 12.6. The minimum absolute atomic E-state index is 0.210. The van der Waals surface area contributed by atoms with Crippen molar-refractivity contribution in [3.05, 3.63) is 71.0 Å². The van der Waals surface area contributed by atoms with E-state index in [0.29, 0.717) is 22.8 Å². The number of rotatable bonds is 4. The Morgan fingerprint density at radius 1 is 1.04 bits per heavy atom. The highest BCUT2D eigenvalue weighted by molar-refractivity contribution is 6.31. The van der Waals surface area contributed by atoms with Gasteiger partial charge in [-0.05, 0) is 23.8 Å². The predicted octanol–water partition coefficient (Wildman–Crippen LogP) is 4.83. The van der Waals surface area contributed by atoms with Crippen LogP contribution in [-0.4, -0.2) is 15.1 Å². The normalized spacial score (nSPS) is 11.0. The second-order valence-electron chi connectivity index (χ2n) is 5.54. The van der Waals surface area contributed by atoms with E-state index < -0.39 is 11.6 Å². The van der Waals surface area contributed by atoms with Gasteiger partial charge in [-0.1, -0.05) is 35.0 Å². The molecule has 0 bridgehead atoms. The van der Waals surface area contributed by atoms with Crippen molar-refractivity contribution in [3.63, 3.8) is 0 Å². The predicted molar refractivity (Wildman–Crippen MR) is 93.7 cm³/mol. The topological polar surface area (TPSA) is 63.8 Å². The highest BCUT2D eigenvalue weighted by Crippen LogP contribution is 2.32. The minimum atomic E-state index is -0.710. The standard InChI is InChI=1S/C18H11ClF2N4O/c19-14-4-2-1-3-10(14)8-22-17-15-16(25-26-18(15)24-9-23-17)11-5-12(20)7-13(21)6-11/h1-7,9H,8H2,(H,22,23,24). The third-order valence-electron chi connectivity index (χ3n) is 3.81. The minimum Gasteiger partial charge on any atom is -0.365 e. The number of halogens is 3. The molecule has 4 aromatic rings. The van der Waals surface area contributed by atoms with Gasteiger partial charge in [0.1, 0.15) is 34.9 Å². The van der Waals surface area contributed by atoms with Crippen molar-refractivity contribution in [2.45, 2.75) is 6.54 Å². The molecule has 0 radical (unpaired) electrons. The Morgan fingerprint density at radius 3 is 2.58 bits per heavy atom. The Bertz CT molecular complexity index is 1080. The average Bonchev–Trinajstić information content (AvgIpc) is 3.05. The van der Waals surface area contributed by atoms with Crippen LogP contribution in [0.25, 0.3) is 22.4 Å². The Kier molecular flexibility index (Phi) is 4.22. The third kappa shape index (κ3) is 3.09. The number of hydrogen-bond acceptors (Lipinski definition) is 5. The van der Waals surface area contributed by atoms with Crippen molar-refractivity contribution in [2.24, 2.45) is 0 Å². The molecule has 0 spiro atoms. The second kappa shape index (κ2) is 6.68. The van der Waals surface area contributed by atoms with E-state index in [1.54, 1.807) is 6.07 Å². The highest BCUT2D eigenvalue weighted by atomic mass is 35.5. The fraction of sp³-hybridized carbons (Fsp3) is 0.0556. The lowest BCUT2D eigenvalue weighted by Crippen LogP contribution is -2.03. The van der Waals surface area contributed by atoms with Crippen LogP contribution in [0.4, 0.5) is 14.6 Å². The molecule has 0 aliphatic heterocycles. The summed E-state index contributed by atoms with van der Waals surface area (Å²) in [4.78, 5) is 8.21. The van der Waals surface area contributed by atoms with Gasteiger partial charge in [-0.25, -0.2) is 13.8 Å². The Morgan fingerprint density at radius 2 is 1.81 bits per heavy atom. The van der Waals surface area contributed by atoms with E-state index in [1.165, 1.54) is 18.5 Å². The molecule has 2 aromatic carbocycles. The molecule has 4 rings (SSSR count). The van der Waals surface area contributed by atoms with Crippen molar-refractivity contribution in [2.75, 3.05) is 5.32 Å². The van der Waals surface area contributed by atoms with Gasteiger partial charge in [0, 0.05) is 23.2 Å². The maximum atomic E-state index is 13.6. The summed E-state index contributed by atoms with van der Waals surface area (Å²) in [5.41, 5.74) is 1.56. The molecule has 0 saturated carbocycles. The van der Waals surface area contributed by atoms with Crippen LogP contribution in [0.5, 0.6) is 0 Å². The smallest absolute Gasteiger partial charge is 0.263 e. The van der Waals surface area contributed by atoms with Gasteiger partial charge >= 0.3 is 0 Å². The lowest BCUT2D eigenvalue weighted by molar-refractivity contribution is 0.451. The zero-order valence-electron chi connectivity index (χ0n) is 13.2. The molecule has 5 nitrogen and oxygen atoms in total. The Balaban J connectivity index is 1.76. The fourth-order valence-corrected chi connectivity index (χ4v) is 2.83. The average molecular weight is 373 g/mol. The van der Waals surface area contributed by atoms with Crippen LogP contribution >= 0.6 is 11.6 Å². The van der Waals surface area contributed by atoms with Crippen LogP contribution in [0, 0.1) is 11.6 Å². The summed E-state index contributed by atoms with van der Waals surface area (Å²) in [5, 5.41) is 8.10. The summed E-state index contributed by atoms with van der Waals surface area (Å²) in [7, 11) is 0. The number of aromatic nitrogens is 3. The van der Waals surface area contributed by atoms with Crippen molar-refractivity contribution < 1.29 is 13.3 Å². The van der Waals surface area contributed by atoms with E-state index in [-0.39, 0.29) is 17.0 Å². The molecule has 2 aromatic heterocycles. The van der Waals surface area contributed by atoms with Gasteiger partial charge in [-0.15, -0.1) is 0 Å². The van der Waals surface area contributed by atoms with Crippen LogP contribution in [0.1, 0.15) is 5.56 Å². The second-order valence-corrected chi connectivity index (χ2v) is 5.94. The molecule has 130 valence electrons. The van der Waals surface area contributed by atoms with Crippen LogP contribution in [0.3, 0.4) is 0 Å². The first-order valence-electron chi connectivity index (χ1n) is 7.66. The van der Waals surface area contributed by atoms with Gasteiger partial charge in [0.15, 0.2) is 0 Å². The number of anilines is 1. The van der Waals surface area contributed by atoms with Crippen molar-refractivity contribution >= 4 is 28.5 Å². The highest BCUT2D eigenvalue weighted by Gasteiger charge is 2.18. The molecule has 26 heavy (non-hydrogen) atoms. The molecule has 1 N–H and O–H groups in total. The molecule has 0 aliphatic carbocycles. The number of nitrogens with one attached hydrogen (secondary N) is 1. The summed E-state index contributed by atoms with van der Waals surface area (Å²) in [6.45, 7) is 0.397. The number of hydrogen-bond donors (Lipinski definition) is 1. The van der Waals surface area contributed by atoms with Crippen molar-refractivity contribution in [3.8, 4) is 11.3 Å². The summed E-state index contributed by atoms with van der Waals surface area (Å²) < 4.78 is 32.3. The monoisotopic (exact) mass is 372 g/mol. The maximum Gasteiger partial charge on any atom is 0.263 e. The molecule has 8 heteroatoms. The van der Waals surface area contributed by atoms with Gasteiger partial charge in [0.05, 0.1) is 0 Å². The van der Waals surface area contributed by atoms with E-state index in [9.17, 15) is 8.78 Å². The van der Waals surface area contributed by atoms with Crippen LogP contribution < -0.4 is 5.32 Å². The SMILES string of the molecule is Fc1cc(F)cc(-c2noc3ncnc(NCc4ccccc4Cl)c23)c1.